The molecule has 0 saturated heterocycles. The molecule has 1 N–H and O–H groups in total. The fourth-order valence-electron chi connectivity index (χ4n) is 3.34. The smallest absolute Gasteiger partial charge is 0.211 e. The molecule has 2 aromatic carbocycles. The van der Waals surface area contributed by atoms with Crippen LogP contribution >= 0.6 is 0 Å². The number of aromatic hydroxyl groups is 1. The van der Waals surface area contributed by atoms with Gasteiger partial charge in [0.05, 0.1) is 11.7 Å². The van der Waals surface area contributed by atoms with Crippen LogP contribution < -0.4 is 0 Å². The van der Waals surface area contributed by atoms with Crippen molar-refractivity contribution in [3.8, 4) is 28.1 Å². The minimum absolute atomic E-state index is 0.0145. The molecule has 5 heteroatoms. The predicted molar refractivity (Wildman–Crippen MR) is 106 cm³/mol. The number of hydrogen-bond donors (Lipinski definition) is 1. The van der Waals surface area contributed by atoms with Crippen LogP contribution in [0.4, 0.5) is 0 Å². The van der Waals surface area contributed by atoms with Crippen LogP contribution in [0, 0.1) is 6.92 Å². The Morgan fingerprint density at radius 1 is 0.889 bits per heavy atom. The number of aryl methyl sites for hydroxylation is 1. The van der Waals surface area contributed by atoms with Gasteiger partial charge in [-0.2, -0.15) is 5.10 Å². The van der Waals surface area contributed by atoms with Crippen molar-refractivity contribution >= 4 is 16.6 Å². The Labute approximate surface area is 155 Å². The SMILES string of the molecule is Cc1ccc(-c2cnc3c(-c4cc(O)nc5ccccc45)cnn3c2)cc1. The van der Waals surface area contributed by atoms with Gasteiger partial charge in [0.1, 0.15) is 0 Å². The first-order valence-electron chi connectivity index (χ1n) is 8.68. The van der Waals surface area contributed by atoms with E-state index >= 15 is 0 Å². The van der Waals surface area contributed by atoms with E-state index in [9.17, 15) is 5.11 Å². The highest BCUT2D eigenvalue weighted by Crippen LogP contribution is 2.33. The highest BCUT2D eigenvalue weighted by molar-refractivity contribution is 5.98. The first-order valence-corrected chi connectivity index (χ1v) is 8.68. The van der Waals surface area contributed by atoms with Gasteiger partial charge in [-0.15, -0.1) is 0 Å². The monoisotopic (exact) mass is 352 g/mol. The predicted octanol–water partition coefficient (Wildman–Crippen LogP) is 4.63. The first kappa shape index (κ1) is 15.5. The van der Waals surface area contributed by atoms with Crippen LogP contribution in [0.15, 0.2) is 73.2 Å². The summed E-state index contributed by atoms with van der Waals surface area (Å²) in [6, 6.07) is 17.7. The Bertz CT molecular complexity index is 1290. The van der Waals surface area contributed by atoms with Crippen molar-refractivity contribution in [1.82, 2.24) is 19.6 Å². The third-order valence-electron chi connectivity index (χ3n) is 4.73. The molecule has 0 aliphatic carbocycles. The highest BCUT2D eigenvalue weighted by atomic mass is 16.3. The fourth-order valence-corrected chi connectivity index (χ4v) is 3.34. The van der Waals surface area contributed by atoms with Gasteiger partial charge in [0, 0.05) is 40.5 Å². The number of aromatic nitrogens is 4. The Morgan fingerprint density at radius 2 is 1.70 bits per heavy atom. The van der Waals surface area contributed by atoms with E-state index in [1.807, 2.05) is 36.7 Å². The molecule has 5 rings (SSSR count). The molecule has 0 radical (unpaired) electrons. The highest BCUT2D eigenvalue weighted by Gasteiger charge is 2.14. The van der Waals surface area contributed by atoms with E-state index in [1.165, 1.54) is 5.56 Å². The molecule has 3 aromatic heterocycles. The third kappa shape index (κ3) is 2.60. The number of fused-ring (bicyclic) bond motifs is 2. The Morgan fingerprint density at radius 3 is 2.56 bits per heavy atom. The second kappa shape index (κ2) is 5.92. The number of nitrogens with zero attached hydrogens (tertiary/aromatic N) is 4. The van der Waals surface area contributed by atoms with Gasteiger partial charge < -0.3 is 5.11 Å². The molecule has 0 spiro atoms. The molecular weight excluding hydrogens is 336 g/mol. The van der Waals surface area contributed by atoms with Crippen molar-refractivity contribution in [3.05, 3.63) is 78.8 Å². The van der Waals surface area contributed by atoms with E-state index in [1.54, 1.807) is 16.8 Å². The van der Waals surface area contributed by atoms with Crippen LogP contribution in [-0.4, -0.2) is 24.7 Å². The minimum Gasteiger partial charge on any atom is -0.493 e. The summed E-state index contributed by atoms with van der Waals surface area (Å²) >= 11 is 0. The van der Waals surface area contributed by atoms with E-state index in [2.05, 4.69) is 46.3 Å². The second-order valence-corrected chi connectivity index (χ2v) is 6.58. The van der Waals surface area contributed by atoms with Crippen molar-refractivity contribution in [2.75, 3.05) is 0 Å². The molecule has 0 unspecified atom stereocenters. The normalized spacial score (nSPS) is 11.3. The summed E-state index contributed by atoms with van der Waals surface area (Å²) in [4.78, 5) is 8.85. The lowest BCUT2D eigenvalue weighted by atomic mass is 10.0. The maximum Gasteiger partial charge on any atom is 0.211 e. The average Bonchev–Trinajstić information content (AvgIpc) is 3.11. The average molecular weight is 352 g/mol. The van der Waals surface area contributed by atoms with Crippen LogP contribution in [-0.2, 0) is 0 Å². The molecule has 130 valence electrons. The van der Waals surface area contributed by atoms with E-state index < -0.39 is 0 Å². The van der Waals surface area contributed by atoms with Crippen LogP contribution in [0.1, 0.15) is 5.56 Å². The molecule has 0 amide bonds. The van der Waals surface area contributed by atoms with E-state index in [0.29, 0.717) is 0 Å². The standard InChI is InChI=1S/C22H16N4O/c1-14-6-8-15(9-7-14)16-11-23-22-19(12-24-26(22)13-16)18-10-21(27)25-20-5-3-2-4-17(18)20/h2-13H,1H3,(H,25,27). The summed E-state index contributed by atoms with van der Waals surface area (Å²) in [5.41, 5.74) is 6.52. The van der Waals surface area contributed by atoms with Crippen LogP contribution in [0.3, 0.4) is 0 Å². The zero-order valence-corrected chi connectivity index (χ0v) is 14.7. The lowest BCUT2D eigenvalue weighted by Crippen LogP contribution is -1.92. The lowest BCUT2D eigenvalue weighted by Gasteiger charge is -2.06. The number of pyridine rings is 1. The number of benzene rings is 2. The van der Waals surface area contributed by atoms with Crippen LogP contribution in [0.2, 0.25) is 0 Å². The molecular formula is C22H16N4O. The molecule has 0 aliphatic rings. The molecule has 0 atom stereocenters. The maximum absolute atomic E-state index is 10.0. The molecule has 5 nitrogen and oxygen atoms in total. The van der Waals surface area contributed by atoms with Crippen molar-refractivity contribution in [3.63, 3.8) is 0 Å². The summed E-state index contributed by atoms with van der Waals surface area (Å²) in [5, 5.41) is 15.5. The van der Waals surface area contributed by atoms with Gasteiger partial charge in [-0.05, 0) is 18.6 Å². The van der Waals surface area contributed by atoms with Gasteiger partial charge in [-0.3, -0.25) is 0 Å². The zero-order valence-electron chi connectivity index (χ0n) is 14.7. The largest absolute Gasteiger partial charge is 0.493 e. The van der Waals surface area contributed by atoms with Crippen LogP contribution in [0.25, 0.3) is 38.8 Å². The quantitative estimate of drug-likeness (QED) is 0.503. The fraction of sp³-hybridized carbons (Fsp3) is 0.0455. The van der Waals surface area contributed by atoms with Crippen LogP contribution in [0.5, 0.6) is 5.88 Å². The number of para-hydroxylation sites is 1. The van der Waals surface area contributed by atoms with E-state index in [-0.39, 0.29) is 5.88 Å². The maximum atomic E-state index is 10.0. The van der Waals surface area contributed by atoms with Gasteiger partial charge in [-0.25, -0.2) is 14.5 Å². The molecule has 0 aliphatic heterocycles. The molecule has 27 heavy (non-hydrogen) atoms. The topological polar surface area (TPSA) is 63.3 Å². The molecule has 0 saturated carbocycles. The Hall–Kier alpha value is -3.73. The van der Waals surface area contributed by atoms with Gasteiger partial charge in [0.15, 0.2) is 5.65 Å². The summed E-state index contributed by atoms with van der Waals surface area (Å²) < 4.78 is 1.77. The summed E-state index contributed by atoms with van der Waals surface area (Å²) in [7, 11) is 0. The summed E-state index contributed by atoms with van der Waals surface area (Å²) in [5.74, 6) is -0.0145. The molecule has 0 fully saturated rings. The van der Waals surface area contributed by atoms with Gasteiger partial charge in [0.25, 0.3) is 0 Å². The van der Waals surface area contributed by atoms with Crippen molar-refractivity contribution in [1.29, 1.82) is 0 Å². The first-order chi connectivity index (χ1) is 13.2. The van der Waals surface area contributed by atoms with E-state index in [0.717, 1.165) is 38.8 Å². The minimum atomic E-state index is -0.0145. The summed E-state index contributed by atoms with van der Waals surface area (Å²) in [6.45, 7) is 2.07. The molecule has 0 bridgehead atoms. The second-order valence-electron chi connectivity index (χ2n) is 6.58. The Balaban J connectivity index is 1.69. The Kier molecular flexibility index (Phi) is 3.40. The lowest BCUT2D eigenvalue weighted by molar-refractivity contribution is 0.456. The van der Waals surface area contributed by atoms with Gasteiger partial charge in [0.2, 0.25) is 5.88 Å². The molecule has 3 heterocycles. The molecule has 5 aromatic rings. The third-order valence-corrected chi connectivity index (χ3v) is 4.73. The van der Waals surface area contributed by atoms with E-state index in [4.69, 9.17) is 0 Å². The van der Waals surface area contributed by atoms with Gasteiger partial charge in [-0.1, -0.05) is 48.0 Å². The number of hydrogen-bond acceptors (Lipinski definition) is 4. The van der Waals surface area contributed by atoms with Gasteiger partial charge >= 0.3 is 0 Å². The van der Waals surface area contributed by atoms with Crippen molar-refractivity contribution in [2.45, 2.75) is 6.92 Å². The number of rotatable bonds is 2. The van der Waals surface area contributed by atoms with Crippen molar-refractivity contribution < 1.29 is 5.11 Å². The van der Waals surface area contributed by atoms with Crippen molar-refractivity contribution in [2.24, 2.45) is 0 Å². The summed E-state index contributed by atoms with van der Waals surface area (Å²) in [6.07, 6.45) is 5.61. The zero-order chi connectivity index (χ0) is 18.4.